The average molecular weight is 239 g/mol. The molecule has 2 nitrogen and oxygen atoms in total. The van der Waals surface area contributed by atoms with Gasteiger partial charge in [0.05, 0.1) is 0 Å². The van der Waals surface area contributed by atoms with Gasteiger partial charge in [-0.1, -0.05) is 30.3 Å². The molecule has 1 radical (unpaired) electrons. The molecule has 3 rings (SSSR count). The lowest BCUT2D eigenvalue weighted by molar-refractivity contribution is 0.321. The van der Waals surface area contributed by atoms with Crippen molar-refractivity contribution in [1.82, 2.24) is 4.90 Å². The van der Waals surface area contributed by atoms with E-state index in [9.17, 15) is 0 Å². The van der Waals surface area contributed by atoms with E-state index in [1.54, 1.807) is 0 Å². The van der Waals surface area contributed by atoms with Crippen LogP contribution < -0.4 is 4.90 Å². The SMILES string of the molecule is CC(C)N1[CH]N(c2ccc3ccccc3c2)CC1. The molecule has 1 aliphatic heterocycles. The molecule has 0 N–H and O–H groups in total. The first-order chi connectivity index (χ1) is 8.74. The zero-order valence-electron chi connectivity index (χ0n) is 11.0. The van der Waals surface area contributed by atoms with Gasteiger partial charge in [0.15, 0.2) is 0 Å². The molecule has 0 saturated carbocycles. The summed E-state index contributed by atoms with van der Waals surface area (Å²) in [7, 11) is 0. The van der Waals surface area contributed by atoms with Gasteiger partial charge in [0.25, 0.3) is 0 Å². The number of benzene rings is 2. The van der Waals surface area contributed by atoms with Crippen LogP contribution in [0.1, 0.15) is 13.8 Å². The normalized spacial score (nSPS) is 16.9. The van der Waals surface area contributed by atoms with Crippen LogP contribution in [0.4, 0.5) is 5.69 Å². The number of anilines is 1. The summed E-state index contributed by atoms with van der Waals surface area (Å²) in [6.45, 7) is 8.91. The Labute approximate surface area is 109 Å². The van der Waals surface area contributed by atoms with E-state index >= 15 is 0 Å². The highest BCUT2D eigenvalue weighted by molar-refractivity contribution is 5.86. The van der Waals surface area contributed by atoms with Gasteiger partial charge < -0.3 is 4.90 Å². The van der Waals surface area contributed by atoms with E-state index in [4.69, 9.17) is 0 Å². The summed E-state index contributed by atoms with van der Waals surface area (Å²) < 4.78 is 0. The van der Waals surface area contributed by atoms with Crippen molar-refractivity contribution in [3.05, 3.63) is 49.1 Å². The van der Waals surface area contributed by atoms with Crippen molar-refractivity contribution in [1.29, 1.82) is 0 Å². The quantitative estimate of drug-likeness (QED) is 0.791. The van der Waals surface area contributed by atoms with E-state index in [0.717, 1.165) is 13.1 Å². The van der Waals surface area contributed by atoms with Crippen LogP contribution in [-0.2, 0) is 0 Å². The van der Waals surface area contributed by atoms with Gasteiger partial charge in [-0.25, -0.2) is 0 Å². The van der Waals surface area contributed by atoms with Crippen molar-refractivity contribution in [3.8, 4) is 0 Å². The molecule has 0 aromatic heterocycles. The van der Waals surface area contributed by atoms with Gasteiger partial charge in [0.1, 0.15) is 6.67 Å². The molecular weight excluding hydrogens is 220 g/mol. The van der Waals surface area contributed by atoms with E-state index < -0.39 is 0 Å². The van der Waals surface area contributed by atoms with Gasteiger partial charge >= 0.3 is 0 Å². The summed E-state index contributed by atoms with van der Waals surface area (Å²) in [6, 6.07) is 15.8. The van der Waals surface area contributed by atoms with Gasteiger partial charge in [-0.05, 0) is 36.8 Å². The molecule has 93 valence electrons. The van der Waals surface area contributed by atoms with Gasteiger partial charge in [-0.3, -0.25) is 4.90 Å². The van der Waals surface area contributed by atoms with Gasteiger partial charge in [-0.2, -0.15) is 0 Å². The second-order valence-corrected chi connectivity index (χ2v) is 5.17. The Balaban J connectivity index is 1.87. The van der Waals surface area contributed by atoms with E-state index in [0.29, 0.717) is 6.04 Å². The fraction of sp³-hybridized carbons (Fsp3) is 0.312. The van der Waals surface area contributed by atoms with Gasteiger partial charge in [0.2, 0.25) is 0 Å². The summed E-state index contributed by atoms with van der Waals surface area (Å²) in [6.07, 6.45) is 0. The van der Waals surface area contributed by atoms with Gasteiger partial charge in [0, 0.05) is 24.8 Å². The van der Waals surface area contributed by atoms with Crippen LogP contribution >= 0.6 is 0 Å². The van der Waals surface area contributed by atoms with Crippen LogP contribution in [0.15, 0.2) is 42.5 Å². The number of rotatable bonds is 2. The smallest absolute Gasteiger partial charge is 0.117 e. The molecular formula is C16H19N2. The summed E-state index contributed by atoms with van der Waals surface area (Å²) in [5.41, 5.74) is 1.29. The lowest BCUT2D eigenvalue weighted by Crippen LogP contribution is -2.26. The number of hydrogen-bond acceptors (Lipinski definition) is 2. The Morgan fingerprint density at radius 3 is 2.44 bits per heavy atom. The highest BCUT2D eigenvalue weighted by Crippen LogP contribution is 2.26. The molecule has 0 amide bonds. The second kappa shape index (κ2) is 4.62. The van der Waals surface area contributed by atoms with Crippen LogP contribution in [0.3, 0.4) is 0 Å². The van der Waals surface area contributed by atoms with Crippen LogP contribution in [0.2, 0.25) is 0 Å². The van der Waals surface area contributed by atoms with E-state index in [1.165, 1.54) is 16.5 Å². The first-order valence-corrected chi connectivity index (χ1v) is 6.60. The summed E-state index contributed by atoms with van der Waals surface area (Å²) in [4.78, 5) is 4.72. The lowest BCUT2D eigenvalue weighted by Gasteiger charge is -2.21. The maximum Gasteiger partial charge on any atom is 0.117 e. The molecule has 0 atom stereocenters. The Morgan fingerprint density at radius 1 is 0.944 bits per heavy atom. The molecule has 1 saturated heterocycles. The van der Waals surface area contributed by atoms with Crippen LogP contribution in [-0.4, -0.2) is 24.0 Å². The van der Waals surface area contributed by atoms with E-state index in [-0.39, 0.29) is 0 Å². The van der Waals surface area contributed by atoms with E-state index in [1.807, 2.05) is 0 Å². The molecule has 2 heteroatoms. The third-order valence-corrected chi connectivity index (χ3v) is 3.61. The zero-order chi connectivity index (χ0) is 12.5. The molecule has 2 aromatic rings. The highest BCUT2D eigenvalue weighted by Gasteiger charge is 2.22. The van der Waals surface area contributed by atoms with E-state index in [2.05, 4.69) is 72.8 Å². The predicted octanol–water partition coefficient (Wildman–Crippen LogP) is 3.49. The van der Waals surface area contributed by atoms with Crippen molar-refractivity contribution in [2.24, 2.45) is 0 Å². The lowest BCUT2D eigenvalue weighted by atomic mass is 10.1. The Kier molecular flexibility index (Phi) is 2.96. The largest absolute Gasteiger partial charge is 0.351 e. The van der Waals surface area contributed by atoms with Crippen molar-refractivity contribution < 1.29 is 0 Å². The van der Waals surface area contributed by atoms with Crippen molar-refractivity contribution >= 4 is 16.5 Å². The molecule has 2 aromatic carbocycles. The average Bonchev–Trinajstić information content (AvgIpc) is 2.88. The van der Waals surface area contributed by atoms with Crippen molar-refractivity contribution in [2.45, 2.75) is 19.9 Å². The standard InChI is InChI=1S/C16H19N2/c1-13(2)17-9-10-18(12-17)16-8-7-14-5-3-4-6-15(14)11-16/h3-8,11-13H,9-10H2,1-2H3. The fourth-order valence-corrected chi connectivity index (χ4v) is 2.46. The summed E-state index contributed by atoms with van der Waals surface area (Å²) in [5, 5.41) is 2.62. The minimum absolute atomic E-state index is 0.579. The highest BCUT2D eigenvalue weighted by atomic mass is 15.4. The fourth-order valence-electron chi connectivity index (χ4n) is 2.46. The van der Waals surface area contributed by atoms with Crippen molar-refractivity contribution in [3.63, 3.8) is 0 Å². The number of hydrogen-bond donors (Lipinski definition) is 0. The third-order valence-electron chi connectivity index (χ3n) is 3.61. The molecule has 1 aliphatic rings. The molecule has 1 heterocycles. The number of nitrogens with zero attached hydrogens (tertiary/aromatic N) is 2. The first kappa shape index (κ1) is 11.5. The minimum atomic E-state index is 0.579. The first-order valence-electron chi connectivity index (χ1n) is 6.60. The van der Waals surface area contributed by atoms with Crippen LogP contribution in [0.5, 0.6) is 0 Å². The Bertz CT molecular complexity index is 548. The Morgan fingerprint density at radius 2 is 1.72 bits per heavy atom. The maximum atomic E-state index is 2.38. The topological polar surface area (TPSA) is 6.48 Å². The molecule has 18 heavy (non-hydrogen) atoms. The third kappa shape index (κ3) is 2.08. The summed E-state index contributed by atoms with van der Waals surface area (Å²) in [5.74, 6) is 0. The maximum absolute atomic E-state index is 2.38. The number of fused-ring (bicyclic) bond motifs is 1. The molecule has 1 fully saturated rings. The van der Waals surface area contributed by atoms with Crippen molar-refractivity contribution in [2.75, 3.05) is 18.0 Å². The second-order valence-electron chi connectivity index (χ2n) is 5.17. The van der Waals surface area contributed by atoms with Crippen LogP contribution in [0, 0.1) is 6.67 Å². The monoisotopic (exact) mass is 239 g/mol. The zero-order valence-corrected chi connectivity index (χ0v) is 11.0. The predicted molar refractivity (Wildman–Crippen MR) is 77.4 cm³/mol. The molecule has 0 spiro atoms. The van der Waals surface area contributed by atoms with Crippen LogP contribution in [0.25, 0.3) is 10.8 Å². The molecule has 0 unspecified atom stereocenters. The Hall–Kier alpha value is -1.54. The summed E-state index contributed by atoms with van der Waals surface area (Å²) >= 11 is 0. The molecule has 0 aliphatic carbocycles. The molecule has 0 bridgehead atoms. The van der Waals surface area contributed by atoms with Gasteiger partial charge in [-0.15, -0.1) is 0 Å². The minimum Gasteiger partial charge on any atom is -0.351 e.